The van der Waals surface area contributed by atoms with Gasteiger partial charge in [0.2, 0.25) is 0 Å². The van der Waals surface area contributed by atoms with Crippen molar-refractivity contribution in [3.8, 4) is 17.6 Å². The van der Waals surface area contributed by atoms with E-state index in [1.54, 1.807) is 24.3 Å². The zero-order valence-corrected chi connectivity index (χ0v) is 21.2. The number of nitrogens with zero attached hydrogens (tertiary/aromatic N) is 1. The minimum Gasteiger partial charge on any atom is -0.490 e. The average molecular weight is 593 g/mol. The van der Waals surface area contributed by atoms with E-state index < -0.39 is 5.91 Å². The molecule has 0 heterocycles. The monoisotopic (exact) mass is 592 g/mol. The summed E-state index contributed by atoms with van der Waals surface area (Å²) in [5, 5.41) is 13.1. The van der Waals surface area contributed by atoms with Crippen molar-refractivity contribution >= 4 is 63.5 Å². The Morgan fingerprint density at radius 1 is 1.09 bits per heavy atom. The first-order chi connectivity index (χ1) is 15.9. The van der Waals surface area contributed by atoms with E-state index in [9.17, 15) is 10.1 Å². The van der Waals surface area contributed by atoms with Gasteiger partial charge in [0.15, 0.2) is 11.5 Å². The number of ether oxygens (including phenoxy) is 2. The van der Waals surface area contributed by atoms with Gasteiger partial charge in [0.25, 0.3) is 5.91 Å². The fourth-order valence-electron chi connectivity index (χ4n) is 2.92. The second kappa shape index (κ2) is 11.9. The number of carbonyl (C=O) groups excluding carboxylic acids is 1. The summed E-state index contributed by atoms with van der Waals surface area (Å²) in [7, 11) is 0. The number of rotatable bonds is 8. The van der Waals surface area contributed by atoms with Crippen LogP contribution in [0.1, 0.15) is 18.1 Å². The summed E-state index contributed by atoms with van der Waals surface area (Å²) >= 11 is 14.8. The summed E-state index contributed by atoms with van der Waals surface area (Å²) in [6, 6.07) is 19.9. The second-order valence-corrected chi connectivity index (χ2v) is 8.84. The lowest BCUT2D eigenvalue weighted by Crippen LogP contribution is -2.13. The molecule has 1 amide bonds. The predicted octanol–water partition coefficient (Wildman–Crippen LogP) is 7.12. The quantitative estimate of drug-likeness (QED) is 0.172. The number of anilines is 1. The van der Waals surface area contributed by atoms with Crippen molar-refractivity contribution in [2.24, 2.45) is 0 Å². The molecule has 0 fully saturated rings. The molecule has 0 aliphatic heterocycles. The molecule has 0 spiro atoms. The molecule has 0 unspecified atom stereocenters. The lowest BCUT2D eigenvalue weighted by molar-refractivity contribution is -0.112. The maximum absolute atomic E-state index is 12.6. The van der Waals surface area contributed by atoms with Crippen LogP contribution in [0.2, 0.25) is 10.0 Å². The molecule has 168 valence electrons. The highest BCUT2D eigenvalue weighted by Gasteiger charge is 2.15. The fraction of sp³-hybridized carbons (Fsp3) is 0.120. The summed E-state index contributed by atoms with van der Waals surface area (Å²) in [6.07, 6.45) is 1.45. The molecule has 0 aromatic heterocycles. The number of halogens is 3. The first-order valence-corrected chi connectivity index (χ1v) is 11.8. The Kier molecular flexibility index (Phi) is 9.01. The SMILES string of the molecule is CCOc1cc(/C=C(\C#N)C(=O)Nc2cccc(I)c2)cc(Cl)c1OCc1ccccc1Cl. The van der Waals surface area contributed by atoms with Crippen molar-refractivity contribution in [1.29, 1.82) is 5.26 Å². The first kappa shape index (κ1) is 24.9. The summed E-state index contributed by atoms with van der Waals surface area (Å²) in [4.78, 5) is 12.6. The molecule has 3 aromatic carbocycles. The Balaban J connectivity index is 1.86. The van der Waals surface area contributed by atoms with Gasteiger partial charge in [0, 0.05) is 19.8 Å². The standard InChI is InChI=1S/C25H19Cl2IN2O3/c1-2-32-23-12-16(10-18(14-29)25(31)30-20-8-5-7-19(28)13-20)11-22(27)24(23)33-15-17-6-3-4-9-21(17)26/h3-13H,2,15H2,1H3,(H,30,31)/b18-10+. The van der Waals surface area contributed by atoms with Gasteiger partial charge in [0.1, 0.15) is 18.2 Å². The Hall–Kier alpha value is -2.73. The number of nitriles is 1. The van der Waals surface area contributed by atoms with Crippen molar-refractivity contribution in [2.75, 3.05) is 11.9 Å². The molecular formula is C25H19Cl2IN2O3. The summed E-state index contributed by atoms with van der Waals surface area (Å²) in [6.45, 7) is 2.42. The number of hydrogen-bond acceptors (Lipinski definition) is 4. The van der Waals surface area contributed by atoms with Crippen LogP contribution in [0.3, 0.4) is 0 Å². The van der Waals surface area contributed by atoms with Gasteiger partial charge in [-0.25, -0.2) is 0 Å². The van der Waals surface area contributed by atoms with Crippen molar-refractivity contribution < 1.29 is 14.3 Å². The molecule has 1 N–H and O–H groups in total. The smallest absolute Gasteiger partial charge is 0.266 e. The zero-order chi connectivity index (χ0) is 23.8. The number of amides is 1. The van der Waals surface area contributed by atoms with E-state index in [1.165, 1.54) is 6.08 Å². The Morgan fingerprint density at radius 2 is 1.88 bits per heavy atom. The van der Waals surface area contributed by atoms with Crippen LogP contribution in [0.15, 0.2) is 66.2 Å². The molecular weight excluding hydrogens is 574 g/mol. The van der Waals surface area contributed by atoms with Gasteiger partial charge in [-0.15, -0.1) is 0 Å². The summed E-state index contributed by atoms with van der Waals surface area (Å²) in [5.41, 5.74) is 1.87. The van der Waals surface area contributed by atoms with Gasteiger partial charge in [-0.3, -0.25) is 4.79 Å². The van der Waals surface area contributed by atoms with Crippen LogP contribution in [0, 0.1) is 14.9 Å². The molecule has 0 aliphatic carbocycles. The van der Waals surface area contributed by atoms with Crippen LogP contribution < -0.4 is 14.8 Å². The van der Waals surface area contributed by atoms with Gasteiger partial charge >= 0.3 is 0 Å². The minimum atomic E-state index is -0.521. The van der Waals surface area contributed by atoms with Crippen LogP contribution in [0.25, 0.3) is 6.08 Å². The van der Waals surface area contributed by atoms with E-state index in [-0.39, 0.29) is 17.2 Å². The van der Waals surface area contributed by atoms with E-state index in [4.69, 9.17) is 32.7 Å². The van der Waals surface area contributed by atoms with Crippen LogP contribution in [0.4, 0.5) is 5.69 Å². The molecule has 8 heteroatoms. The van der Waals surface area contributed by atoms with Crippen molar-refractivity contribution in [1.82, 2.24) is 0 Å². The Morgan fingerprint density at radius 3 is 2.58 bits per heavy atom. The number of nitrogens with one attached hydrogen (secondary N) is 1. The Labute approximate surface area is 216 Å². The van der Waals surface area contributed by atoms with Crippen LogP contribution in [-0.4, -0.2) is 12.5 Å². The second-order valence-electron chi connectivity index (χ2n) is 6.78. The number of benzene rings is 3. The topological polar surface area (TPSA) is 71.3 Å². The van der Waals surface area contributed by atoms with Crippen molar-refractivity contribution in [3.63, 3.8) is 0 Å². The van der Waals surface area contributed by atoms with E-state index in [0.717, 1.165) is 9.13 Å². The number of hydrogen-bond donors (Lipinski definition) is 1. The molecule has 3 rings (SSSR count). The third-order valence-corrected chi connectivity index (χ3v) is 5.74. The molecule has 0 atom stereocenters. The van der Waals surface area contributed by atoms with E-state index in [2.05, 4.69) is 27.9 Å². The third-order valence-electron chi connectivity index (χ3n) is 4.42. The molecule has 0 saturated heterocycles. The average Bonchev–Trinajstić information content (AvgIpc) is 2.78. The molecule has 0 radical (unpaired) electrons. The van der Waals surface area contributed by atoms with Crippen LogP contribution >= 0.6 is 45.8 Å². The molecule has 33 heavy (non-hydrogen) atoms. The lowest BCUT2D eigenvalue weighted by atomic mass is 10.1. The summed E-state index contributed by atoms with van der Waals surface area (Å²) < 4.78 is 12.6. The first-order valence-electron chi connectivity index (χ1n) is 9.92. The normalized spacial score (nSPS) is 10.9. The molecule has 0 bridgehead atoms. The van der Waals surface area contributed by atoms with Crippen LogP contribution in [0.5, 0.6) is 11.5 Å². The number of carbonyl (C=O) groups is 1. The van der Waals surface area contributed by atoms with Gasteiger partial charge in [-0.1, -0.05) is 47.5 Å². The van der Waals surface area contributed by atoms with Gasteiger partial charge in [0.05, 0.1) is 11.6 Å². The zero-order valence-electron chi connectivity index (χ0n) is 17.6. The largest absolute Gasteiger partial charge is 0.490 e. The predicted molar refractivity (Wildman–Crippen MR) is 140 cm³/mol. The molecule has 5 nitrogen and oxygen atoms in total. The van der Waals surface area contributed by atoms with Gasteiger partial charge in [-0.05, 0) is 77.6 Å². The third kappa shape index (κ3) is 6.87. The van der Waals surface area contributed by atoms with Crippen molar-refractivity contribution in [2.45, 2.75) is 13.5 Å². The summed E-state index contributed by atoms with van der Waals surface area (Å²) in [5.74, 6) is 0.239. The lowest BCUT2D eigenvalue weighted by Gasteiger charge is -2.15. The van der Waals surface area contributed by atoms with E-state index >= 15 is 0 Å². The van der Waals surface area contributed by atoms with Gasteiger partial charge < -0.3 is 14.8 Å². The Bertz CT molecular complexity index is 1240. The van der Waals surface area contributed by atoms with Crippen molar-refractivity contribution in [3.05, 3.63) is 91.0 Å². The molecule has 0 saturated carbocycles. The molecule has 0 aliphatic rings. The fourth-order valence-corrected chi connectivity index (χ4v) is 3.93. The molecule has 3 aromatic rings. The highest BCUT2D eigenvalue weighted by Crippen LogP contribution is 2.38. The minimum absolute atomic E-state index is 0.0721. The van der Waals surface area contributed by atoms with Crippen LogP contribution in [-0.2, 0) is 11.4 Å². The van der Waals surface area contributed by atoms with E-state index in [0.29, 0.717) is 34.4 Å². The highest BCUT2D eigenvalue weighted by molar-refractivity contribution is 14.1. The maximum atomic E-state index is 12.6. The highest BCUT2D eigenvalue weighted by atomic mass is 127. The van der Waals surface area contributed by atoms with E-state index in [1.807, 2.05) is 49.4 Å². The maximum Gasteiger partial charge on any atom is 0.266 e. The van der Waals surface area contributed by atoms with Gasteiger partial charge in [-0.2, -0.15) is 5.26 Å².